The van der Waals surface area contributed by atoms with Crippen LogP contribution in [-0.4, -0.2) is 33.3 Å². The number of aliphatic hydroxyl groups excluding tert-OH is 1. The molecule has 0 radical (unpaired) electrons. The summed E-state index contributed by atoms with van der Waals surface area (Å²) in [6.45, 7) is 0. The first-order chi connectivity index (χ1) is 5.37. The quantitative estimate of drug-likeness (QED) is 0.112. The Bertz CT molecular complexity index is 212. The van der Waals surface area contributed by atoms with Crippen LogP contribution in [0, 0.1) is 0 Å². The van der Waals surface area contributed by atoms with Crippen molar-refractivity contribution in [2.45, 2.75) is 6.29 Å². The maximum absolute atomic E-state index is 10.2. The van der Waals surface area contributed by atoms with Gasteiger partial charge in [-0.15, -0.1) is 0 Å². The lowest BCUT2D eigenvalue weighted by Gasteiger charge is -2.06. The first-order valence-electron chi connectivity index (χ1n) is 2.75. The summed E-state index contributed by atoms with van der Waals surface area (Å²) < 4.78 is 10.2. The van der Waals surface area contributed by atoms with E-state index in [2.05, 4.69) is 15.7 Å². The fourth-order valence-electron chi connectivity index (χ4n) is 0.322. The van der Waals surface area contributed by atoms with Gasteiger partial charge in [-0.2, -0.15) is 0 Å². The molecule has 0 spiro atoms. The third-order valence-corrected chi connectivity index (χ3v) is 1.33. The molecule has 0 aromatic heterocycles. The number of aliphatic imine (C=N–C) groups is 1. The highest BCUT2D eigenvalue weighted by Gasteiger charge is 2.14. The Kier molecular flexibility index (Phi) is 4.32. The standard InChI is InChI=1S/C3H10N3O5P/c4-2(3(7)11-5)6-1-12(8,9)10/h3,7H,1,5H2,(H2,4,6)(H2,8,9,10). The van der Waals surface area contributed by atoms with Crippen molar-refractivity contribution in [1.82, 2.24) is 0 Å². The summed E-state index contributed by atoms with van der Waals surface area (Å²) in [5, 5.41) is 8.67. The molecule has 0 saturated carbocycles. The molecule has 0 bridgehead atoms. The zero-order valence-electron chi connectivity index (χ0n) is 5.99. The van der Waals surface area contributed by atoms with E-state index in [0.29, 0.717) is 0 Å². The number of nitrogens with two attached hydrogens (primary N) is 2. The molecule has 0 amide bonds. The molecule has 72 valence electrons. The number of nitrogens with zero attached hydrogens (tertiary/aromatic N) is 1. The van der Waals surface area contributed by atoms with Gasteiger partial charge in [-0.3, -0.25) is 14.4 Å². The zero-order chi connectivity index (χ0) is 9.78. The summed E-state index contributed by atoms with van der Waals surface area (Å²) in [6, 6.07) is 0. The molecule has 0 saturated heterocycles. The van der Waals surface area contributed by atoms with Crippen molar-refractivity contribution >= 4 is 13.4 Å². The second kappa shape index (κ2) is 4.51. The first-order valence-corrected chi connectivity index (χ1v) is 4.54. The van der Waals surface area contributed by atoms with Gasteiger partial charge in [0.15, 0.2) is 5.84 Å². The Morgan fingerprint density at radius 3 is 2.50 bits per heavy atom. The SMILES string of the molecule is NOC(O)C(N)=NCP(=O)(O)O. The Balaban J connectivity index is 4.10. The summed E-state index contributed by atoms with van der Waals surface area (Å²) in [5.74, 6) is 4.02. The maximum atomic E-state index is 10.2. The average Bonchev–Trinajstić information content (AvgIpc) is 1.97. The van der Waals surface area contributed by atoms with Crippen molar-refractivity contribution in [3.05, 3.63) is 0 Å². The third-order valence-electron chi connectivity index (χ3n) is 0.819. The first kappa shape index (κ1) is 11.5. The zero-order valence-corrected chi connectivity index (χ0v) is 6.89. The van der Waals surface area contributed by atoms with E-state index in [1.807, 2.05) is 0 Å². The molecular formula is C3H10N3O5P. The van der Waals surface area contributed by atoms with Crippen molar-refractivity contribution in [2.24, 2.45) is 16.6 Å². The fraction of sp³-hybridized carbons (Fsp3) is 0.667. The predicted octanol–water partition coefficient (Wildman–Crippen LogP) is -2.31. The molecule has 12 heavy (non-hydrogen) atoms. The van der Waals surface area contributed by atoms with Crippen LogP contribution in [0.4, 0.5) is 0 Å². The van der Waals surface area contributed by atoms with Crippen molar-refractivity contribution in [1.29, 1.82) is 0 Å². The van der Waals surface area contributed by atoms with Crippen LogP contribution in [0.5, 0.6) is 0 Å². The molecule has 8 nitrogen and oxygen atoms in total. The van der Waals surface area contributed by atoms with E-state index in [4.69, 9.17) is 20.6 Å². The van der Waals surface area contributed by atoms with Gasteiger partial charge >= 0.3 is 7.60 Å². The van der Waals surface area contributed by atoms with Gasteiger partial charge in [0.2, 0.25) is 6.29 Å². The van der Waals surface area contributed by atoms with E-state index in [9.17, 15) is 4.57 Å². The summed E-state index contributed by atoms with van der Waals surface area (Å²) in [7, 11) is -4.24. The highest BCUT2D eigenvalue weighted by atomic mass is 31.2. The number of rotatable bonds is 4. The average molecular weight is 199 g/mol. The molecule has 7 N–H and O–H groups in total. The lowest BCUT2D eigenvalue weighted by Crippen LogP contribution is -2.33. The van der Waals surface area contributed by atoms with Crippen LogP contribution in [0.1, 0.15) is 0 Å². The minimum Gasteiger partial charge on any atom is -0.383 e. The van der Waals surface area contributed by atoms with Crippen LogP contribution >= 0.6 is 7.60 Å². The van der Waals surface area contributed by atoms with E-state index in [1.165, 1.54) is 0 Å². The molecule has 0 aliphatic carbocycles. The van der Waals surface area contributed by atoms with Gasteiger partial charge in [0.25, 0.3) is 0 Å². The molecule has 0 aromatic rings. The van der Waals surface area contributed by atoms with Crippen LogP contribution in [-0.2, 0) is 9.40 Å². The number of hydrogen-bond donors (Lipinski definition) is 5. The molecule has 0 rings (SSSR count). The van der Waals surface area contributed by atoms with Crippen LogP contribution in [0.3, 0.4) is 0 Å². The van der Waals surface area contributed by atoms with E-state index >= 15 is 0 Å². The Morgan fingerprint density at radius 1 is 1.67 bits per heavy atom. The van der Waals surface area contributed by atoms with Crippen molar-refractivity contribution in [2.75, 3.05) is 6.29 Å². The summed E-state index contributed by atoms with van der Waals surface area (Å²) in [4.78, 5) is 23.6. The number of hydrogen-bond acceptors (Lipinski definition) is 5. The maximum Gasteiger partial charge on any atom is 0.346 e. The van der Waals surface area contributed by atoms with Crippen molar-refractivity contribution < 1.29 is 24.3 Å². The molecule has 1 atom stereocenters. The van der Waals surface area contributed by atoms with Gasteiger partial charge in [0.1, 0.15) is 6.29 Å². The minimum atomic E-state index is -4.24. The van der Waals surface area contributed by atoms with Crippen LogP contribution < -0.4 is 11.6 Å². The summed E-state index contributed by atoms with van der Waals surface area (Å²) in [6.07, 6.45) is -2.45. The van der Waals surface area contributed by atoms with Gasteiger partial charge in [0.05, 0.1) is 0 Å². The lowest BCUT2D eigenvalue weighted by atomic mass is 10.6. The van der Waals surface area contributed by atoms with E-state index in [1.54, 1.807) is 0 Å². The molecule has 0 aliphatic rings. The van der Waals surface area contributed by atoms with E-state index in [0.717, 1.165) is 0 Å². The highest BCUT2D eigenvalue weighted by molar-refractivity contribution is 7.51. The molecule has 9 heteroatoms. The second-order valence-electron chi connectivity index (χ2n) is 1.88. The predicted molar refractivity (Wildman–Crippen MR) is 39.8 cm³/mol. The van der Waals surface area contributed by atoms with Crippen LogP contribution in [0.2, 0.25) is 0 Å². The van der Waals surface area contributed by atoms with E-state index in [-0.39, 0.29) is 0 Å². The second-order valence-corrected chi connectivity index (χ2v) is 3.49. The van der Waals surface area contributed by atoms with E-state index < -0.39 is 26.0 Å². The Hall–Kier alpha value is -0.500. The number of amidine groups is 1. The van der Waals surface area contributed by atoms with Gasteiger partial charge < -0.3 is 20.6 Å². The largest absolute Gasteiger partial charge is 0.383 e. The topological polar surface area (TPSA) is 151 Å². The molecule has 0 heterocycles. The van der Waals surface area contributed by atoms with Crippen molar-refractivity contribution in [3.8, 4) is 0 Å². The lowest BCUT2D eigenvalue weighted by molar-refractivity contribution is -0.0524. The molecule has 1 unspecified atom stereocenters. The third kappa shape index (κ3) is 5.19. The molecular weight excluding hydrogens is 189 g/mol. The normalized spacial score (nSPS) is 16.2. The molecule has 0 aromatic carbocycles. The van der Waals surface area contributed by atoms with Crippen LogP contribution in [0.15, 0.2) is 4.99 Å². The molecule has 0 aliphatic heterocycles. The van der Waals surface area contributed by atoms with Gasteiger partial charge in [0, 0.05) is 0 Å². The number of aliphatic hydroxyl groups is 1. The van der Waals surface area contributed by atoms with Crippen molar-refractivity contribution in [3.63, 3.8) is 0 Å². The fourth-order valence-corrected chi connectivity index (χ4v) is 0.669. The summed E-state index contributed by atoms with van der Waals surface area (Å²) in [5.41, 5.74) is 4.99. The minimum absolute atomic E-state index is 0.485. The van der Waals surface area contributed by atoms with Crippen LogP contribution in [0.25, 0.3) is 0 Å². The monoisotopic (exact) mass is 199 g/mol. The molecule has 0 fully saturated rings. The highest BCUT2D eigenvalue weighted by Crippen LogP contribution is 2.33. The van der Waals surface area contributed by atoms with Gasteiger partial charge in [-0.25, -0.2) is 5.90 Å². The Labute approximate surface area is 68.0 Å². The summed E-state index contributed by atoms with van der Waals surface area (Å²) >= 11 is 0. The van der Waals surface area contributed by atoms with Gasteiger partial charge in [-0.05, 0) is 0 Å². The van der Waals surface area contributed by atoms with Gasteiger partial charge in [-0.1, -0.05) is 0 Å². The Morgan fingerprint density at radius 2 is 2.17 bits per heavy atom. The smallest absolute Gasteiger partial charge is 0.346 e.